The number of rotatable bonds is 5. The van der Waals surface area contributed by atoms with Crippen LogP contribution in [0.1, 0.15) is 18.5 Å². The Balaban J connectivity index is 2.50. The summed E-state index contributed by atoms with van der Waals surface area (Å²) in [4.78, 5) is 10.7. The number of carbonyl (C=O) groups excluding carboxylic acids is 1. The van der Waals surface area contributed by atoms with Gasteiger partial charge in [0.05, 0.1) is 7.11 Å². The van der Waals surface area contributed by atoms with Gasteiger partial charge < -0.3 is 10.1 Å². The topological polar surface area (TPSA) is 38.3 Å². The summed E-state index contributed by atoms with van der Waals surface area (Å²) < 4.78 is 17.6. The zero-order valence-electron chi connectivity index (χ0n) is 9.74. The summed E-state index contributed by atoms with van der Waals surface area (Å²) in [5.74, 6) is -0.594. The van der Waals surface area contributed by atoms with Crippen LogP contribution in [0.2, 0.25) is 0 Å². The van der Waals surface area contributed by atoms with Crippen molar-refractivity contribution in [3.8, 4) is 0 Å². The number of hydrogen-bond donors (Lipinski definition) is 1. The number of carbonyl (C=O) groups is 1. The van der Waals surface area contributed by atoms with Crippen LogP contribution in [0, 0.1) is 5.82 Å². The van der Waals surface area contributed by atoms with Crippen LogP contribution >= 0.6 is 15.9 Å². The standard InChI is InChI=1S/C12H15BrFNO2/c1-8(9-4-3-5-10(14)6-9)15-7-11(13)12(16)17-2/h3-6,8,11,15H,7H2,1-2H3. The minimum absolute atomic E-state index is 0.0320. The Morgan fingerprint density at radius 3 is 2.88 bits per heavy atom. The lowest BCUT2D eigenvalue weighted by Crippen LogP contribution is -2.31. The van der Waals surface area contributed by atoms with Gasteiger partial charge in [0.15, 0.2) is 0 Å². The summed E-state index contributed by atoms with van der Waals surface area (Å²) in [6.45, 7) is 2.33. The van der Waals surface area contributed by atoms with Crippen LogP contribution < -0.4 is 5.32 Å². The third-order valence-electron chi connectivity index (χ3n) is 2.41. The van der Waals surface area contributed by atoms with E-state index >= 15 is 0 Å². The highest BCUT2D eigenvalue weighted by Crippen LogP contribution is 2.14. The molecule has 0 saturated carbocycles. The van der Waals surface area contributed by atoms with Crippen LogP contribution in [0.15, 0.2) is 24.3 Å². The van der Waals surface area contributed by atoms with Crippen LogP contribution in [0.3, 0.4) is 0 Å². The van der Waals surface area contributed by atoms with Gasteiger partial charge >= 0.3 is 5.97 Å². The first-order valence-electron chi connectivity index (χ1n) is 5.25. The first-order chi connectivity index (χ1) is 8.04. The van der Waals surface area contributed by atoms with Gasteiger partial charge in [-0.05, 0) is 24.6 Å². The summed E-state index contributed by atoms with van der Waals surface area (Å²) in [7, 11) is 1.34. The lowest BCUT2D eigenvalue weighted by Gasteiger charge is -2.16. The molecule has 0 aromatic heterocycles. The zero-order valence-corrected chi connectivity index (χ0v) is 11.3. The fourth-order valence-electron chi connectivity index (χ4n) is 1.39. The minimum atomic E-state index is -0.400. The first kappa shape index (κ1) is 14.1. The lowest BCUT2D eigenvalue weighted by atomic mass is 10.1. The third-order valence-corrected chi connectivity index (χ3v) is 3.11. The van der Waals surface area contributed by atoms with Gasteiger partial charge in [0.2, 0.25) is 0 Å². The maximum Gasteiger partial charge on any atom is 0.320 e. The Hall–Kier alpha value is -0.940. The van der Waals surface area contributed by atoms with Crippen molar-refractivity contribution in [2.75, 3.05) is 13.7 Å². The van der Waals surface area contributed by atoms with Gasteiger partial charge in [-0.15, -0.1) is 0 Å². The summed E-state index contributed by atoms with van der Waals surface area (Å²) in [6.07, 6.45) is 0. The second kappa shape index (κ2) is 6.71. The van der Waals surface area contributed by atoms with Gasteiger partial charge in [-0.25, -0.2) is 4.39 Å². The molecule has 0 spiro atoms. The fraction of sp³-hybridized carbons (Fsp3) is 0.417. The second-order valence-corrected chi connectivity index (χ2v) is 4.78. The zero-order chi connectivity index (χ0) is 12.8. The molecule has 0 aliphatic heterocycles. The molecule has 0 bridgehead atoms. The molecular formula is C12H15BrFNO2. The van der Waals surface area contributed by atoms with Gasteiger partial charge in [-0.1, -0.05) is 28.1 Å². The van der Waals surface area contributed by atoms with E-state index < -0.39 is 4.83 Å². The van der Waals surface area contributed by atoms with Crippen molar-refractivity contribution in [3.05, 3.63) is 35.6 Å². The van der Waals surface area contributed by atoms with Gasteiger partial charge in [-0.3, -0.25) is 4.79 Å². The van der Waals surface area contributed by atoms with Crippen molar-refractivity contribution in [1.82, 2.24) is 5.32 Å². The van der Waals surface area contributed by atoms with E-state index in [0.717, 1.165) is 5.56 Å². The molecule has 2 atom stereocenters. The van der Waals surface area contributed by atoms with E-state index in [2.05, 4.69) is 26.0 Å². The highest BCUT2D eigenvalue weighted by atomic mass is 79.9. The van der Waals surface area contributed by atoms with E-state index in [4.69, 9.17) is 0 Å². The molecule has 1 aromatic carbocycles. The molecule has 0 fully saturated rings. The van der Waals surface area contributed by atoms with Crippen molar-refractivity contribution >= 4 is 21.9 Å². The summed E-state index contributed by atoms with van der Waals surface area (Å²) in [6, 6.07) is 6.34. The molecule has 0 radical (unpaired) electrons. The third kappa shape index (κ3) is 4.44. The average molecular weight is 304 g/mol. The van der Waals surface area contributed by atoms with Crippen LogP contribution in [0.25, 0.3) is 0 Å². The molecule has 2 unspecified atom stereocenters. The highest BCUT2D eigenvalue weighted by molar-refractivity contribution is 9.10. The second-order valence-electron chi connectivity index (χ2n) is 3.68. The fourth-order valence-corrected chi connectivity index (χ4v) is 1.76. The number of hydrogen-bond acceptors (Lipinski definition) is 3. The molecule has 0 aliphatic rings. The molecule has 94 valence electrons. The normalized spacial score (nSPS) is 14.1. The minimum Gasteiger partial charge on any atom is -0.468 e. The Kier molecular flexibility index (Phi) is 5.58. The smallest absolute Gasteiger partial charge is 0.320 e. The van der Waals surface area contributed by atoms with Crippen molar-refractivity contribution in [3.63, 3.8) is 0 Å². The maximum absolute atomic E-state index is 13.0. The molecule has 5 heteroatoms. The van der Waals surface area contributed by atoms with Crippen LogP contribution in [0.4, 0.5) is 4.39 Å². The van der Waals surface area contributed by atoms with E-state index in [-0.39, 0.29) is 17.8 Å². The van der Waals surface area contributed by atoms with Crippen LogP contribution in [0.5, 0.6) is 0 Å². The molecular weight excluding hydrogens is 289 g/mol. The van der Waals surface area contributed by atoms with Gasteiger partial charge in [0, 0.05) is 12.6 Å². The summed E-state index contributed by atoms with van der Waals surface area (Å²) in [5.41, 5.74) is 0.842. The molecule has 1 N–H and O–H groups in total. The van der Waals surface area contributed by atoms with Gasteiger partial charge in [-0.2, -0.15) is 0 Å². The molecule has 0 saturated heterocycles. The maximum atomic E-state index is 13.0. The molecule has 0 aliphatic carbocycles. The van der Waals surface area contributed by atoms with E-state index in [9.17, 15) is 9.18 Å². The number of nitrogens with one attached hydrogen (secondary N) is 1. The summed E-state index contributed by atoms with van der Waals surface area (Å²) >= 11 is 3.21. The Bertz CT molecular complexity index is 387. The Labute approximate surface area is 108 Å². The number of methoxy groups -OCH3 is 1. The van der Waals surface area contributed by atoms with E-state index in [0.29, 0.717) is 6.54 Å². The quantitative estimate of drug-likeness (QED) is 0.670. The van der Waals surface area contributed by atoms with Crippen molar-refractivity contribution < 1.29 is 13.9 Å². The van der Waals surface area contributed by atoms with Crippen molar-refractivity contribution in [1.29, 1.82) is 0 Å². The summed E-state index contributed by atoms with van der Waals surface area (Å²) in [5, 5.41) is 3.13. The number of esters is 1. The van der Waals surface area contributed by atoms with Crippen molar-refractivity contribution in [2.45, 2.75) is 17.8 Å². The van der Waals surface area contributed by atoms with E-state index in [1.807, 2.05) is 13.0 Å². The number of ether oxygens (including phenoxy) is 1. The van der Waals surface area contributed by atoms with Crippen LogP contribution in [-0.2, 0) is 9.53 Å². The van der Waals surface area contributed by atoms with Gasteiger partial charge in [0.1, 0.15) is 10.6 Å². The molecule has 0 heterocycles. The molecule has 17 heavy (non-hydrogen) atoms. The Morgan fingerprint density at radius 2 is 2.29 bits per heavy atom. The molecule has 1 rings (SSSR count). The first-order valence-corrected chi connectivity index (χ1v) is 6.17. The van der Waals surface area contributed by atoms with E-state index in [1.54, 1.807) is 6.07 Å². The van der Waals surface area contributed by atoms with Gasteiger partial charge in [0.25, 0.3) is 0 Å². The largest absolute Gasteiger partial charge is 0.468 e. The Morgan fingerprint density at radius 1 is 1.59 bits per heavy atom. The molecule has 3 nitrogen and oxygen atoms in total. The van der Waals surface area contributed by atoms with Crippen LogP contribution in [-0.4, -0.2) is 24.5 Å². The molecule has 1 aromatic rings. The number of alkyl halides is 1. The molecule has 0 amide bonds. The average Bonchev–Trinajstić information content (AvgIpc) is 2.34. The number of benzene rings is 1. The monoisotopic (exact) mass is 303 g/mol. The van der Waals surface area contributed by atoms with E-state index in [1.165, 1.54) is 19.2 Å². The SMILES string of the molecule is COC(=O)C(Br)CNC(C)c1cccc(F)c1. The number of halogens is 2. The predicted octanol–water partition coefficient (Wildman–Crippen LogP) is 2.41. The predicted molar refractivity (Wildman–Crippen MR) is 67.5 cm³/mol. The highest BCUT2D eigenvalue weighted by Gasteiger charge is 2.16. The lowest BCUT2D eigenvalue weighted by molar-refractivity contribution is -0.139. The van der Waals surface area contributed by atoms with Crippen molar-refractivity contribution in [2.24, 2.45) is 0 Å².